The van der Waals surface area contributed by atoms with E-state index in [0.29, 0.717) is 13.2 Å². The Balaban J connectivity index is 0.00000280. The average Bonchev–Trinajstić information content (AvgIpc) is 3.09. The molecule has 8 heteroatoms. The second-order valence-electron chi connectivity index (χ2n) is 6.97. The Bertz CT molecular complexity index is 777. The van der Waals surface area contributed by atoms with Crippen molar-refractivity contribution in [3.63, 3.8) is 0 Å². The molecule has 1 aromatic heterocycles. The van der Waals surface area contributed by atoms with Gasteiger partial charge in [0.1, 0.15) is 11.9 Å². The first-order valence-corrected chi connectivity index (χ1v) is 9.36. The third-order valence-electron chi connectivity index (χ3n) is 4.40. The highest BCUT2D eigenvalue weighted by atomic mass is 127. The molecule has 0 bridgehead atoms. The topological polar surface area (TPSA) is 63.9 Å². The summed E-state index contributed by atoms with van der Waals surface area (Å²) < 4.78 is 13.5. The molecule has 0 amide bonds. The zero-order valence-corrected chi connectivity index (χ0v) is 19.3. The van der Waals surface area contributed by atoms with Crippen molar-refractivity contribution in [2.75, 3.05) is 26.7 Å². The monoisotopic (exact) mass is 499 g/mol. The maximum atomic E-state index is 5.92. The lowest BCUT2D eigenvalue weighted by atomic mass is 10.1. The molecule has 2 aromatic rings. The minimum Gasteiger partial charge on any atom is -0.491 e. The second-order valence-corrected chi connectivity index (χ2v) is 6.97. The predicted molar refractivity (Wildman–Crippen MR) is 121 cm³/mol. The number of hydrogen-bond donors (Lipinski definition) is 1. The van der Waals surface area contributed by atoms with Crippen LogP contribution in [0.4, 0.5) is 0 Å². The van der Waals surface area contributed by atoms with E-state index in [-0.39, 0.29) is 36.2 Å². The van der Waals surface area contributed by atoms with Crippen LogP contribution in [0.25, 0.3) is 0 Å². The number of aliphatic imine (C=N–C) groups is 1. The van der Waals surface area contributed by atoms with Crippen molar-refractivity contribution < 1.29 is 9.47 Å². The lowest BCUT2D eigenvalue weighted by Crippen LogP contribution is -2.47. The summed E-state index contributed by atoms with van der Waals surface area (Å²) in [6, 6.07) is 8.16. The Labute approximate surface area is 184 Å². The van der Waals surface area contributed by atoms with Crippen LogP contribution in [0.15, 0.2) is 41.7 Å². The number of aryl methyl sites for hydroxylation is 1. The molecule has 0 radical (unpaired) electrons. The molecule has 154 valence electrons. The quantitative estimate of drug-likeness (QED) is 0.390. The first kappa shape index (κ1) is 22.5. The van der Waals surface area contributed by atoms with Crippen LogP contribution >= 0.6 is 24.0 Å². The van der Waals surface area contributed by atoms with Gasteiger partial charge < -0.3 is 19.7 Å². The summed E-state index contributed by atoms with van der Waals surface area (Å²) in [6.07, 6.45) is 4.04. The van der Waals surface area contributed by atoms with Crippen molar-refractivity contribution in [1.82, 2.24) is 20.0 Å². The molecule has 1 saturated heterocycles. The van der Waals surface area contributed by atoms with Crippen molar-refractivity contribution in [3.05, 3.63) is 47.8 Å². The van der Waals surface area contributed by atoms with Crippen molar-refractivity contribution in [3.8, 4) is 5.75 Å². The second kappa shape index (κ2) is 10.7. The average molecular weight is 499 g/mol. The number of hydrogen-bond acceptors (Lipinski definition) is 4. The summed E-state index contributed by atoms with van der Waals surface area (Å²) in [4.78, 5) is 6.69. The van der Waals surface area contributed by atoms with Gasteiger partial charge in [0, 0.05) is 38.9 Å². The molecule has 3 rings (SSSR count). The highest BCUT2D eigenvalue weighted by molar-refractivity contribution is 14.0. The van der Waals surface area contributed by atoms with Crippen LogP contribution in [0.5, 0.6) is 5.75 Å². The molecule has 1 fully saturated rings. The van der Waals surface area contributed by atoms with Crippen LogP contribution in [-0.2, 0) is 18.3 Å². The predicted octanol–water partition coefficient (Wildman–Crippen LogP) is 2.97. The number of halogens is 1. The molecule has 2 heterocycles. The highest BCUT2D eigenvalue weighted by Crippen LogP contribution is 2.21. The third-order valence-corrected chi connectivity index (χ3v) is 4.40. The molecule has 1 aromatic carbocycles. The van der Waals surface area contributed by atoms with E-state index in [2.05, 4.69) is 32.4 Å². The summed E-state index contributed by atoms with van der Waals surface area (Å²) in [6.45, 7) is 6.98. The fourth-order valence-electron chi connectivity index (χ4n) is 3.16. The number of nitrogens with zero attached hydrogens (tertiary/aromatic N) is 4. The first-order chi connectivity index (χ1) is 13.0. The molecule has 0 aliphatic carbocycles. The van der Waals surface area contributed by atoms with Gasteiger partial charge in [0.25, 0.3) is 0 Å². The molecule has 7 nitrogen and oxygen atoms in total. The van der Waals surface area contributed by atoms with E-state index in [9.17, 15) is 0 Å². The van der Waals surface area contributed by atoms with Gasteiger partial charge >= 0.3 is 0 Å². The van der Waals surface area contributed by atoms with E-state index in [0.717, 1.165) is 35.9 Å². The zero-order valence-electron chi connectivity index (χ0n) is 17.0. The summed E-state index contributed by atoms with van der Waals surface area (Å²) in [5, 5.41) is 7.70. The lowest BCUT2D eigenvalue weighted by molar-refractivity contribution is -0.00805. The van der Waals surface area contributed by atoms with E-state index in [4.69, 9.17) is 9.47 Å². The normalized spacial score (nSPS) is 17.4. The van der Waals surface area contributed by atoms with Gasteiger partial charge in [-0.3, -0.25) is 9.67 Å². The van der Waals surface area contributed by atoms with Crippen LogP contribution in [0.1, 0.15) is 31.1 Å². The summed E-state index contributed by atoms with van der Waals surface area (Å²) >= 11 is 0. The lowest BCUT2D eigenvalue weighted by Gasteiger charge is -2.34. The number of guanidine groups is 1. The zero-order chi connectivity index (χ0) is 19.2. The van der Waals surface area contributed by atoms with Gasteiger partial charge in [0.2, 0.25) is 0 Å². The van der Waals surface area contributed by atoms with Crippen LogP contribution in [-0.4, -0.2) is 53.5 Å². The van der Waals surface area contributed by atoms with E-state index >= 15 is 0 Å². The van der Waals surface area contributed by atoms with Crippen molar-refractivity contribution >= 4 is 29.9 Å². The first-order valence-electron chi connectivity index (χ1n) is 9.36. The Kier molecular flexibility index (Phi) is 8.56. The van der Waals surface area contributed by atoms with Crippen LogP contribution in [0, 0.1) is 0 Å². The minimum absolute atomic E-state index is 0. The molecule has 28 heavy (non-hydrogen) atoms. The molecule has 1 aliphatic heterocycles. The number of ether oxygens (including phenoxy) is 2. The van der Waals surface area contributed by atoms with Crippen LogP contribution in [0.2, 0.25) is 0 Å². The van der Waals surface area contributed by atoms with E-state index in [1.54, 1.807) is 4.68 Å². The maximum absolute atomic E-state index is 5.92. The largest absolute Gasteiger partial charge is 0.491 e. The van der Waals surface area contributed by atoms with Gasteiger partial charge in [-0.2, -0.15) is 5.10 Å². The molecule has 1 unspecified atom stereocenters. The van der Waals surface area contributed by atoms with Crippen LogP contribution in [0.3, 0.4) is 0 Å². The van der Waals surface area contributed by atoms with E-state index < -0.39 is 0 Å². The van der Waals surface area contributed by atoms with Crippen LogP contribution < -0.4 is 10.1 Å². The number of morpholine rings is 1. The Morgan fingerprint density at radius 2 is 2.25 bits per heavy atom. The van der Waals surface area contributed by atoms with Crippen molar-refractivity contribution in [2.45, 2.75) is 32.6 Å². The van der Waals surface area contributed by atoms with Gasteiger partial charge in [-0.25, -0.2) is 0 Å². The Morgan fingerprint density at radius 3 is 2.93 bits per heavy atom. The molecule has 0 spiro atoms. The summed E-state index contributed by atoms with van der Waals surface area (Å²) in [7, 11) is 3.73. The van der Waals surface area contributed by atoms with Gasteiger partial charge in [0.15, 0.2) is 5.96 Å². The SMILES string of the molecule is CN=C(NCc1cccc(OC(C)C)c1)N1CCOC(c2cnn(C)c2)C1.I. The number of rotatable bonds is 5. The number of nitrogens with one attached hydrogen (secondary N) is 1. The maximum Gasteiger partial charge on any atom is 0.194 e. The van der Waals surface area contributed by atoms with E-state index in [1.807, 2.05) is 52.5 Å². The summed E-state index contributed by atoms with van der Waals surface area (Å²) in [5.41, 5.74) is 2.25. The fraction of sp³-hybridized carbons (Fsp3) is 0.500. The van der Waals surface area contributed by atoms with E-state index in [1.165, 1.54) is 0 Å². The smallest absolute Gasteiger partial charge is 0.194 e. The number of benzene rings is 1. The van der Waals surface area contributed by atoms with Crippen molar-refractivity contribution in [1.29, 1.82) is 0 Å². The number of aromatic nitrogens is 2. The molecular weight excluding hydrogens is 469 g/mol. The molecular formula is C20H30IN5O2. The van der Waals surface area contributed by atoms with Gasteiger partial charge in [-0.15, -0.1) is 24.0 Å². The Morgan fingerprint density at radius 1 is 1.43 bits per heavy atom. The van der Waals surface area contributed by atoms with Crippen molar-refractivity contribution in [2.24, 2.45) is 12.0 Å². The van der Waals surface area contributed by atoms with Gasteiger partial charge in [-0.1, -0.05) is 12.1 Å². The highest BCUT2D eigenvalue weighted by Gasteiger charge is 2.25. The Hall–Kier alpha value is -1.81. The molecule has 1 atom stereocenters. The standard InChI is InChI=1S/C20H29N5O2.HI/c1-15(2)27-18-7-5-6-16(10-18)11-22-20(21-3)25-8-9-26-19(14-25)17-12-23-24(4)13-17;/h5-7,10,12-13,15,19H,8-9,11,14H2,1-4H3,(H,21,22);1H. The van der Waals surface area contributed by atoms with Gasteiger partial charge in [0.05, 0.1) is 25.5 Å². The van der Waals surface area contributed by atoms with Gasteiger partial charge in [-0.05, 0) is 31.5 Å². The summed E-state index contributed by atoms with van der Waals surface area (Å²) in [5.74, 6) is 1.77. The third kappa shape index (κ3) is 6.10. The molecule has 1 N–H and O–H groups in total. The molecule has 1 aliphatic rings. The fourth-order valence-corrected chi connectivity index (χ4v) is 3.16. The minimum atomic E-state index is 0. The molecule has 0 saturated carbocycles.